The Labute approximate surface area is 167 Å². The largest absolute Gasteiger partial charge is 0.489 e. The molecule has 0 aliphatic carbocycles. The predicted molar refractivity (Wildman–Crippen MR) is 110 cm³/mol. The second-order valence-electron chi connectivity index (χ2n) is 6.69. The number of hydrogen-bond acceptors (Lipinski definition) is 4. The maximum absolute atomic E-state index is 5.98. The maximum Gasteiger partial charge on any atom is 0.191 e. The number of nitrogens with zero attached hydrogens (tertiary/aromatic N) is 1. The van der Waals surface area contributed by atoms with Crippen molar-refractivity contribution in [1.82, 2.24) is 10.6 Å². The molecule has 0 bridgehead atoms. The van der Waals surface area contributed by atoms with Crippen LogP contribution in [0.2, 0.25) is 5.02 Å². The quantitative estimate of drug-likeness (QED) is 0.341. The zero-order valence-electron chi connectivity index (χ0n) is 16.4. The van der Waals surface area contributed by atoms with Crippen LogP contribution in [0.3, 0.4) is 0 Å². The minimum Gasteiger partial charge on any atom is -0.489 e. The van der Waals surface area contributed by atoms with Crippen LogP contribution in [0.25, 0.3) is 0 Å². The minimum atomic E-state index is -0.0455. The van der Waals surface area contributed by atoms with Crippen molar-refractivity contribution < 1.29 is 14.2 Å². The van der Waals surface area contributed by atoms with E-state index < -0.39 is 0 Å². The number of hydrogen-bond donors (Lipinski definition) is 2. The zero-order valence-corrected chi connectivity index (χ0v) is 17.1. The Morgan fingerprint density at radius 2 is 2.30 bits per heavy atom. The molecule has 152 valence electrons. The van der Waals surface area contributed by atoms with E-state index in [1.54, 1.807) is 0 Å². The normalized spacial score (nSPS) is 18.3. The van der Waals surface area contributed by atoms with Crippen LogP contribution < -0.4 is 15.4 Å². The second kappa shape index (κ2) is 12.8. The maximum atomic E-state index is 5.98. The molecule has 0 saturated carbocycles. The van der Waals surface area contributed by atoms with E-state index in [2.05, 4.69) is 22.5 Å². The summed E-state index contributed by atoms with van der Waals surface area (Å²) in [6.45, 7) is 9.49. The summed E-state index contributed by atoms with van der Waals surface area (Å²) >= 11 is 5.98. The van der Waals surface area contributed by atoms with Gasteiger partial charge in [-0.25, -0.2) is 4.99 Å². The first-order chi connectivity index (χ1) is 13.2. The third kappa shape index (κ3) is 9.31. The third-order valence-corrected chi connectivity index (χ3v) is 4.35. The highest BCUT2D eigenvalue weighted by Gasteiger charge is 2.15. The van der Waals surface area contributed by atoms with Crippen molar-refractivity contribution in [2.75, 3.05) is 46.1 Å². The van der Waals surface area contributed by atoms with E-state index in [9.17, 15) is 0 Å². The van der Waals surface area contributed by atoms with Crippen LogP contribution in [0.1, 0.15) is 26.7 Å². The van der Waals surface area contributed by atoms with Crippen LogP contribution in [0.4, 0.5) is 0 Å². The van der Waals surface area contributed by atoms with Crippen molar-refractivity contribution in [2.24, 2.45) is 10.9 Å². The lowest BCUT2D eigenvalue weighted by Crippen LogP contribution is -2.38. The molecule has 1 aromatic rings. The van der Waals surface area contributed by atoms with E-state index in [0.29, 0.717) is 17.5 Å². The fourth-order valence-electron chi connectivity index (χ4n) is 2.72. The van der Waals surface area contributed by atoms with Gasteiger partial charge in [-0.3, -0.25) is 0 Å². The van der Waals surface area contributed by atoms with Gasteiger partial charge >= 0.3 is 0 Å². The summed E-state index contributed by atoms with van der Waals surface area (Å²) in [5.41, 5.74) is 0. The molecular weight excluding hydrogens is 366 g/mol. The molecule has 2 atom stereocenters. The molecule has 0 aromatic heterocycles. The fourth-order valence-corrected chi connectivity index (χ4v) is 2.90. The van der Waals surface area contributed by atoms with Gasteiger partial charge in [-0.15, -0.1) is 0 Å². The van der Waals surface area contributed by atoms with Crippen molar-refractivity contribution in [2.45, 2.75) is 32.8 Å². The van der Waals surface area contributed by atoms with Crippen molar-refractivity contribution in [3.05, 3.63) is 29.3 Å². The van der Waals surface area contributed by atoms with Crippen LogP contribution in [0.5, 0.6) is 5.75 Å². The number of halogens is 1. The summed E-state index contributed by atoms with van der Waals surface area (Å²) in [5, 5.41) is 7.25. The lowest BCUT2D eigenvalue weighted by Gasteiger charge is -2.15. The first kappa shape index (κ1) is 21.8. The molecule has 2 unspecified atom stereocenters. The lowest BCUT2D eigenvalue weighted by molar-refractivity contribution is 0.0888. The molecule has 1 heterocycles. The van der Waals surface area contributed by atoms with Gasteiger partial charge in [0.05, 0.1) is 19.8 Å². The Morgan fingerprint density at radius 1 is 1.41 bits per heavy atom. The van der Waals surface area contributed by atoms with Gasteiger partial charge in [0.15, 0.2) is 5.96 Å². The Bertz CT molecular complexity index is 565. The molecule has 1 aliphatic heterocycles. The van der Waals surface area contributed by atoms with Crippen LogP contribution in [-0.2, 0) is 9.47 Å². The number of ether oxygens (including phenoxy) is 3. The van der Waals surface area contributed by atoms with Gasteiger partial charge in [0, 0.05) is 37.2 Å². The molecule has 0 radical (unpaired) electrons. The SMILES string of the molecule is CCNC(=NCC(C)Oc1cccc(Cl)c1)NCCCOCC1CCOC1. The number of rotatable bonds is 11. The Hall–Kier alpha value is -1.50. The fraction of sp³-hybridized carbons (Fsp3) is 0.650. The van der Waals surface area contributed by atoms with E-state index in [1.807, 2.05) is 31.2 Å². The van der Waals surface area contributed by atoms with E-state index in [1.165, 1.54) is 0 Å². The molecule has 6 nitrogen and oxygen atoms in total. The van der Waals surface area contributed by atoms with Crippen LogP contribution >= 0.6 is 11.6 Å². The van der Waals surface area contributed by atoms with Gasteiger partial charge < -0.3 is 24.8 Å². The molecule has 1 fully saturated rings. The highest BCUT2D eigenvalue weighted by atomic mass is 35.5. The number of aliphatic imine (C=N–C) groups is 1. The summed E-state index contributed by atoms with van der Waals surface area (Å²) in [7, 11) is 0. The van der Waals surface area contributed by atoms with Gasteiger partial charge in [0.2, 0.25) is 0 Å². The molecule has 1 aromatic carbocycles. The molecule has 0 amide bonds. The average molecular weight is 398 g/mol. The van der Waals surface area contributed by atoms with E-state index in [-0.39, 0.29) is 6.10 Å². The van der Waals surface area contributed by atoms with E-state index >= 15 is 0 Å². The topological polar surface area (TPSA) is 64.1 Å². The highest BCUT2D eigenvalue weighted by Crippen LogP contribution is 2.18. The first-order valence-corrected chi connectivity index (χ1v) is 10.1. The van der Waals surface area contributed by atoms with Crippen molar-refractivity contribution >= 4 is 17.6 Å². The van der Waals surface area contributed by atoms with Gasteiger partial charge in [-0.2, -0.15) is 0 Å². The monoisotopic (exact) mass is 397 g/mol. The smallest absolute Gasteiger partial charge is 0.191 e. The van der Waals surface area contributed by atoms with Gasteiger partial charge in [-0.1, -0.05) is 17.7 Å². The molecule has 27 heavy (non-hydrogen) atoms. The number of guanidine groups is 1. The van der Waals surface area contributed by atoms with Crippen LogP contribution in [0.15, 0.2) is 29.3 Å². The first-order valence-electron chi connectivity index (χ1n) is 9.77. The molecule has 1 saturated heterocycles. The van der Waals surface area contributed by atoms with Crippen LogP contribution in [0, 0.1) is 5.92 Å². The minimum absolute atomic E-state index is 0.0455. The van der Waals surface area contributed by atoms with Crippen LogP contribution in [-0.4, -0.2) is 58.1 Å². The van der Waals surface area contributed by atoms with E-state index in [0.717, 1.165) is 64.1 Å². The van der Waals surface area contributed by atoms with Gasteiger partial charge in [-0.05, 0) is 44.9 Å². The summed E-state index contributed by atoms with van der Waals surface area (Å²) in [6, 6.07) is 7.41. The predicted octanol–water partition coefficient (Wildman–Crippen LogP) is 3.11. The highest BCUT2D eigenvalue weighted by molar-refractivity contribution is 6.30. The summed E-state index contributed by atoms with van der Waals surface area (Å²) in [4.78, 5) is 4.59. The molecule has 1 aliphatic rings. The van der Waals surface area contributed by atoms with Crippen molar-refractivity contribution in [3.63, 3.8) is 0 Å². The second-order valence-corrected chi connectivity index (χ2v) is 7.13. The Balaban J connectivity index is 1.63. The summed E-state index contributed by atoms with van der Waals surface area (Å²) in [6.07, 6.45) is 2.01. The Kier molecular flexibility index (Phi) is 10.3. The summed E-state index contributed by atoms with van der Waals surface area (Å²) in [5.74, 6) is 2.12. The molecular formula is C20H32ClN3O3. The van der Waals surface area contributed by atoms with Gasteiger partial charge in [0.25, 0.3) is 0 Å². The van der Waals surface area contributed by atoms with E-state index in [4.69, 9.17) is 25.8 Å². The lowest BCUT2D eigenvalue weighted by atomic mass is 10.1. The number of benzene rings is 1. The molecule has 0 spiro atoms. The standard InChI is InChI=1S/C20H32ClN3O3/c1-3-22-20(23-9-5-10-25-14-17-8-11-26-15-17)24-13-16(2)27-19-7-4-6-18(21)12-19/h4,6-7,12,16-17H,3,5,8-11,13-15H2,1-2H3,(H2,22,23,24). The average Bonchev–Trinajstić information content (AvgIpc) is 3.16. The number of nitrogens with one attached hydrogen (secondary N) is 2. The van der Waals surface area contributed by atoms with Crippen molar-refractivity contribution in [1.29, 1.82) is 0 Å². The molecule has 2 rings (SSSR count). The van der Waals surface area contributed by atoms with Crippen molar-refractivity contribution in [3.8, 4) is 5.75 Å². The zero-order chi connectivity index (χ0) is 19.3. The molecule has 2 N–H and O–H groups in total. The Morgan fingerprint density at radius 3 is 3.04 bits per heavy atom. The summed E-state index contributed by atoms with van der Waals surface area (Å²) < 4.78 is 16.9. The third-order valence-electron chi connectivity index (χ3n) is 4.12. The molecule has 7 heteroatoms. The van der Waals surface area contributed by atoms with Gasteiger partial charge in [0.1, 0.15) is 11.9 Å².